The van der Waals surface area contributed by atoms with Crippen LogP contribution in [0.2, 0.25) is 0 Å². The van der Waals surface area contributed by atoms with Crippen LogP contribution in [-0.4, -0.2) is 19.0 Å². The molecule has 0 heterocycles. The largest absolute Gasteiger partial charge is 0.444 e. The summed E-state index contributed by atoms with van der Waals surface area (Å²) in [6, 6.07) is 13.4. The van der Waals surface area contributed by atoms with Gasteiger partial charge in [-0.1, -0.05) is 30.3 Å². The van der Waals surface area contributed by atoms with E-state index < -0.39 is 11.9 Å². The first-order chi connectivity index (χ1) is 10.6. The predicted octanol–water partition coefficient (Wildman–Crippen LogP) is 3.12. The van der Waals surface area contributed by atoms with Gasteiger partial charge in [0.1, 0.15) is 18.3 Å². The molecule has 0 unspecified atom stereocenters. The van der Waals surface area contributed by atoms with E-state index in [1.807, 2.05) is 30.3 Å². The third-order valence-corrected chi connectivity index (χ3v) is 2.97. The molecule has 3 N–H and O–H groups in total. The van der Waals surface area contributed by atoms with Gasteiger partial charge in [0, 0.05) is 12.7 Å². The molecule has 0 aromatic heterocycles. The molecule has 0 spiro atoms. The highest BCUT2D eigenvalue weighted by atomic mass is 19.1. The molecule has 0 saturated carbocycles. The Hall–Kier alpha value is -2.89. The van der Waals surface area contributed by atoms with Crippen LogP contribution < -0.4 is 10.6 Å². The van der Waals surface area contributed by atoms with Gasteiger partial charge in [0.05, 0.1) is 5.56 Å². The van der Waals surface area contributed by atoms with E-state index in [0.717, 1.165) is 5.56 Å². The Bertz CT molecular complexity index is 674. The highest BCUT2D eigenvalue weighted by Crippen LogP contribution is 2.14. The van der Waals surface area contributed by atoms with Gasteiger partial charge in [-0.2, -0.15) is 0 Å². The van der Waals surface area contributed by atoms with Crippen LogP contribution in [0, 0.1) is 11.2 Å². The second-order valence-corrected chi connectivity index (χ2v) is 4.51. The number of halogens is 1. The summed E-state index contributed by atoms with van der Waals surface area (Å²) < 4.78 is 18.8. The molecule has 0 saturated heterocycles. The zero-order chi connectivity index (χ0) is 15.9. The van der Waals surface area contributed by atoms with E-state index in [2.05, 4.69) is 10.6 Å². The van der Waals surface area contributed by atoms with Crippen molar-refractivity contribution < 1.29 is 13.9 Å². The standard InChI is InChI=1S/C16H16FN3O2/c1-19-12-7-8-13(14(17)9-12)15(18)20-16(21)22-10-11-5-3-2-4-6-11/h2-9,19H,10H2,1H3,(H2,18,20,21). The molecule has 0 radical (unpaired) electrons. The molecule has 0 bridgehead atoms. The van der Waals surface area contributed by atoms with Crippen molar-refractivity contribution in [2.45, 2.75) is 6.61 Å². The van der Waals surface area contributed by atoms with Gasteiger partial charge in [-0.05, 0) is 23.8 Å². The minimum absolute atomic E-state index is 0.00402. The number of rotatable bonds is 4. The minimum Gasteiger partial charge on any atom is -0.444 e. The maximum Gasteiger partial charge on any atom is 0.413 e. The van der Waals surface area contributed by atoms with Crippen LogP contribution in [-0.2, 0) is 11.3 Å². The third-order valence-electron chi connectivity index (χ3n) is 2.97. The Kier molecular flexibility index (Phi) is 5.08. The van der Waals surface area contributed by atoms with Crippen LogP contribution >= 0.6 is 0 Å². The van der Waals surface area contributed by atoms with E-state index in [4.69, 9.17) is 10.1 Å². The molecule has 1 amide bonds. The minimum atomic E-state index is -0.800. The second-order valence-electron chi connectivity index (χ2n) is 4.51. The fourth-order valence-corrected chi connectivity index (χ4v) is 1.80. The first kappa shape index (κ1) is 15.5. The van der Waals surface area contributed by atoms with Gasteiger partial charge in [0.15, 0.2) is 0 Å². The van der Waals surface area contributed by atoms with Crippen molar-refractivity contribution in [2.24, 2.45) is 0 Å². The summed E-state index contributed by atoms with van der Waals surface area (Å²) in [5.74, 6) is -0.946. The Labute approximate surface area is 127 Å². The van der Waals surface area contributed by atoms with E-state index in [-0.39, 0.29) is 18.0 Å². The number of hydrogen-bond acceptors (Lipinski definition) is 4. The number of hydrogen-bond donors (Lipinski definition) is 3. The second kappa shape index (κ2) is 7.21. The van der Waals surface area contributed by atoms with Crippen molar-refractivity contribution in [3.63, 3.8) is 0 Å². The highest BCUT2D eigenvalue weighted by molar-refractivity contribution is 6.04. The van der Waals surface area contributed by atoms with Crippen LogP contribution in [0.3, 0.4) is 0 Å². The van der Waals surface area contributed by atoms with E-state index in [1.165, 1.54) is 12.1 Å². The third kappa shape index (κ3) is 4.05. The summed E-state index contributed by atoms with van der Waals surface area (Å²) in [6.07, 6.45) is -0.800. The van der Waals surface area contributed by atoms with Crippen LogP contribution in [0.5, 0.6) is 0 Å². The number of amidine groups is 1. The smallest absolute Gasteiger partial charge is 0.413 e. The monoisotopic (exact) mass is 301 g/mol. The fourth-order valence-electron chi connectivity index (χ4n) is 1.80. The van der Waals surface area contributed by atoms with Crippen LogP contribution in [0.4, 0.5) is 14.9 Å². The quantitative estimate of drug-likeness (QED) is 0.600. The molecule has 0 aliphatic heterocycles. The molecule has 5 nitrogen and oxygen atoms in total. The summed E-state index contributed by atoms with van der Waals surface area (Å²) in [4.78, 5) is 11.6. The Balaban J connectivity index is 1.92. The van der Waals surface area contributed by atoms with Crippen molar-refractivity contribution in [2.75, 3.05) is 12.4 Å². The summed E-state index contributed by atoms with van der Waals surface area (Å²) in [5, 5.41) is 12.7. The molecule has 0 aliphatic rings. The van der Waals surface area contributed by atoms with E-state index in [1.54, 1.807) is 13.1 Å². The fraction of sp³-hybridized carbons (Fsp3) is 0.125. The van der Waals surface area contributed by atoms with E-state index >= 15 is 0 Å². The molecule has 114 valence electrons. The van der Waals surface area contributed by atoms with Gasteiger partial charge >= 0.3 is 6.09 Å². The summed E-state index contributed by atoms with van der Waals surface area (Å²) in [6.45, 7) is 0.0845. The highest BCUT2D eigenvalue weighted by Gasteiger charge is 2.12. The van der Waals surface area contributed by atoms with Crippen molar-refractivity contribution in [1.29, 1.82) is 5.41 Å². The molecule has 2 rings (SSSR count). The van der Waals surface area contributed by atoms with Crippen LogP contribution in [0.25, 0.3) is 0 Å². The van der Waals surface area contributed by atoms with Crippen LogP contribution in [0.15, 0.2) is 48.5 Å². The zero-order valence-corrected chi connectivity index (χ0v) is 12.0. The number of alkyl carbamates (subject to hydrolysis) is 1. The average molecular weight is 301 g/mol. The number of carbonyl (C=O) groups is 1. The number of amides is 1. The predicted molar refractivity (Wildman–Crippen MR) is 82.5 cm³/mol. The van der Waals surface area contributed by atoms with E-state index in [9.17, 15) is 9.18 Å². The van der Waals surface area contributed by atoms with Crippen molar-refractivity contribution >= 4 is 17.6 Å². The maximum absolute atomic E-state index is 13.8. The average Bonchev–Trinajstić information content (AvgIpc) is 2.53. The summed E-state index contributed by atoms with van der Waals surface area (Å²) >= 11 is 0. The van der Waals surface area contributed by atoms with Gasteiger partial charge in [-0.3, -0.25) is 10.7 Å². The SMILES string of the molecule is CNc1ccc(C(=N)NC(=O)OCc2ccccc2)c(F)c1. The molecule has 2 aromatic carbocycles. The molecule has 6 heteroatoms. The summed E-state index contributed by atoms with van der Waals surface area (Å²) in [5.41, 5.74) is 1.41. The van der Waals surface area contributed by atoms with Gasteiger partial charge in [-0.15, -0.1) is 0 Å². The molecule has 0 atom stereocenters. The Morgan fingerprint density at radius 3 is 2.59 bits per heavy atom. The van der Waals surface area contributed by atoms with Crippen LogP contribution in [0.1, 0.15) is 11.1 Å². The van der Waals surface area contributed by atoms with Crippen molar-refractivity contribution in [3.05, 3.63) is 65.5 Å². The molecular weight excluding hydrogens is 285 g/mol. The Morgan fingerprint density at radius 1 is 1.23 bits per heavy atom. The molecule has 22 heavy (non-hydrogen) atoms. The molecular formula is C16H16FN3O2. The Morgan fingerprint density at radius 2 is 1.95 bits per heavy atom. The maximum atomic E-state index is 13.8. The normalized spacial score (nSPS) is 9.91. The van der Waals surface area contributed by atoms with Gasteiger partial charge in [0.2, 0.25) is 0 Å². The van der Waals surface area contributed by atoms with Gasteiger partial charge in [-0.25, -0.2) is 9.18 Å². The van der Waals surface area contributed by atoms with Crippen molar-refractivity contribution in [3.8, 4) is 0 Å². The number of benzene rings is 2. The van der Waals surface area contributed by atoms with Gasteiger partial charge in [0.25, 0.3) is 0 Å². The molecule has 0 fully saturated rings. The van der Waals surface area contributed by atoms with Gasteiger partial charge < -0.3 is 10.1 Å². The lowest BCUT2D eigenvalue weighted by molar-refractivity contribution is 0.145. The number of ether oxygens (including phenoxy) is 1. The lowest BCUT2D eigenvalue weighted by atomic mass is 10.1. The van der Waals surface area contributed by atoms with E-state index in [0.29, 0.717) is 5.69 Å². The first-order valence-corrected chi connectivity index (χ1v) is 6.64. The number of anilines is 1. The van der Waals surface area contributed by atoms with Crippen molar-refractivity contribution in [1.82, 2.24) is 5.32 Å². The number of nitrogens with one attached hydrogen (secondary N) is 3. The lowest BCUT2D eigenvalue weighted by Gasteiger charge is -2.10. The number of carbonyl (C=O) groups excluding carboxylic acids is 1. The molecule has 2 aromatic rings. The molecule has 0 aliphatic carbocycles. The topological polar surface area (TPSA) is 74.2 Å². The zero-order valence-electron chi connectivity index (χ0n) is 12.0. The first-order valence-electron chi connectivity index (χ1n) is 6.64. The lowest BCUT2D eigenvalue weighted by Crippen LogP contribution is -2.31. The summed E-state index contributed by atoms with van der Waals surface area (Å²) in [7, 11) is 1.67.